The van der Waals surface area contributed by atoms with E-state index >= 15 is 0 Å². The summed E-state index contributed by atoms with van der Waals surface area (Å²) in [6, 6.07) is 1.81. The summed E-state index contributed by atoms with van der Waals surface area (Å²) in [7, 11) is 0. The molecule has 1 heterocycles. The van der Waals surface area contributed by atoms with Crippen molar-refractivity contribution >= 4 is 44.8 Å². The SMILES string of the molecule is O=C(NCCCCl)c1csc(Br)c1. The van der Waals surface area contributed by atoms with Crippen molar-refractivity contribution in [2.45, 2.75) is 6.42 Å². The zero-order valence-corrected chi connectivity index (χ0v) is 10.0. The van der Waals surface area contributed by atoms with Crippen LogP contribution in [0.5, 0.6) is 0 Å². The number of rotatable bonds is 4. The lowest BCUT2D eigenvalue weighted by atomic mass is 10.3. The molecule has 0 saturated heterocycles. The van der Waals surface area contributed by atoms with Crippen molar-refractivity contribution in [2.75, 3.05) is 12.4 Å². The fourth-order valence-corrected chi connectivity index (χ4v) is 2.07. The molecule has 0 aliphatic carbocycles. The predicted molar refractivity (Wildman–Crippen MR) is 59.7 cm³/mol. The van der Waals surface area contributed by atoms with Crippen LogP contribution in [0.25, 0.3) is 0 Å². The normalized spacial score (nSPS) is 10.0. The summed E-state index contributed by atoms with van der Waals surface area (Å²) < 4.78 is 0.968. The number of amides is 1. The van der Waals surface area contributed by atoms with Crippen LogP contribution in [-0.4, -0.2) is 18.3 Å². The quantitative estimate of drug-likeness (QED) is 0.668. The van der Waals surface area contributed by atoms with E-state index in [1.165, 1.54) is 11.3 Å². The molecule has 5 heteroatoms. The maximum Gasteiger partial charge on any atom is 0.252 e. The fourth-order valence-electron chi connectivity index (χ4n) is 0.800. The second kappa shape index (κ2) is 5.62. The number of hydrogen-bond acceptors (Lipinski definition) is 2. The summed E-state index contributed by atoms with van der Waals surface area (Å²) in [5.41, 5.74) is 0.700. The smallest absolute Gasteiger partial charge is 0.252 e. The maximum atomic E-state index is 11.4. The molecule has 72 valence electrons. The van der Waals surface area contributed by atoms with Crippen LogP contribution in [0.15, 0.2) is 15.2 Å². The third-order valence-electron chi connectivity index (χ3n) is 1.43. The van der Waals surface area contributed by atoms with Gasteiger partial charge in [-0.2, -0.15) is 0 Å². The summed E-state index contributed by atoms with van der Waals surface area (Å²) in [4.78, 5) is 11.4. The van der Waals surface area contributed by atoms with Gasteiger partial charge in [-0.05, 0) is 28.4 Å². The van der Waals surface area contributed by atoms with Crippen molar-refractivity contribution in [3.63, 3.8) is 0 Å². The Labute approximate surface area is 94.4 Å². The van der Waals surface area contributed by atoms with Crippen LogP contribution in [0.1, 0.15) is 16.8 Å². The van der Waals surface area contributed by atoms with E-state index in [4.69, 9.17) is 11.6 Å². The summed E-state index contributed by atoms with van der Waals surface area (Å²) in [5, 5.41) is 4.60. The van der Waals surface area contributed by atoms with Crippen molar-refractivity contribution in [1.29, 1.82) is 0 Å². The molecular formula is C8H9BrClNOS. The minimum Gasteiger partial charge on any atom is -0.352 e. The van der Waals surface area contributed by atoms with Crippen LogP contribution < -0.4 is 5.32 Å². The molecule has 0 aromatic carbocycles. The van der Waals surface area contributed by atoms with E-state index in [1.807, 2.05) is 5.38 Å². The highest BCUT2D eigenvalue weighted by Gasteiger charge is 2.05. The van der Waals surface area contributed by atoms with Crippen molar-refractivity contribution < 1.29 is 4.79 Å². The van der Waals surface area contributed by atoms with Gasteiger partial charge in [-0.3, -0.25) is 4.79 Å². The van der Waals surface area contributed by atoms with Crippen LogP contribution in [0.4, 0.5) is 0 Å². The van der Waals surface area contributed by atoms with E-state index < -0.39 is 0 Å². The van der Waals surface area contributed by atoms with Gasteiger partial charge in [0.25, 0.3) is 5.91 Å². The second-order valence-corrected chi connectivity index (χ2v) is 5.11. The largest absolute Gasteiger partial charge is 0.352 e. The summed E-state index contributed by atoms with van der Waals surface area (Å²) in [6.45, 7) is 0.635. The van der Waals surface area contributed by atoms with Gasteiger partial charge in [0.15, 0.2) is 0 Å². The summed E-state index contributed by atoms with van der Waals surface area (Å²) in [5.74, 6) is 0.542. The Morgan fingerprint density at radius 3 is 3.00 bits per heavy atom. The van der Waals surface area contributed by atoms with E-state index in [-0.39, 0.29) is 5.91 Å². The second-order valence-electron chi connectivity index (χ2n) is 2.44. The molecule has 0 radical (unpaired) electrons. The molecule has 1 aromatic heterocycles. The highest BCUT2D eigenvalue weighted by molar-refractivity contribution is 9.11. The first-order valence-corrected chi connectivity index (χ1v) is 6.03. The fraction of sp³-hybridized carbons (Fsp3) is 0.375. The van der Waals surface area contributed by atoms with Gasteiger partial charge in [-0.25, -0.2) is 0 Å². The van der Waals surface area contributed by atoms with E-state index in [2.05, 4.69) is 21.2 Å². The molecule has 1 aromatic rings. The summed E-state index contributed by atoms with van der Waals surface area (Å²) in [6.07, 6.45) is 0.804. The summed E-state index contributed by atoms with van der Waals surface area (Å²) >= 11 is 10.3. The maximum absolute atomic E-state index is 11.4. The topological polar surface area (TPSA) is 29.1 Å². The Bertz CT molecular complexity index is 289. The molecule has 0 aliphatic rings. The van der Waals surface area contributed by atoms with Crippen LogP contribution in [0.3, 0.4) is 0 Å². The van der Waals surface area contributed by atoms with E-state index in [1.54, 1.807) is 6.07 Å². The molecule has 0 fully saturated rings. The lowest BCUT2D eigenvalue weighted by Crippen LogP contribution is -2.24. The van der Waals surface area contributed by atoms with Crippen LogP contribution in [0.2, 0.25) is 0 Å². The first-order chi connectivity index (χ1) is 6.24. The molecule has 13 heavy (non-hydrogen) atoms. The first kappa shape index (κ1) is 11.0. The zero-order valence-electron chi connectivity index (χ0n) is 6.85. The van der Waals surface area contributed by atoms with Crippen molar-refractivity contribution in [2.24, 2.45) is 0 Å². The van der Waals surface area contributed by atoms with Gasteiger partial charge >= 0.3 is 0 Å². The van der Waals surface area contributed by atoms with Crippen LogP contribution in [-0.2, 0) is 0 Å². The minimum absolute atomic E-state index is 0.0351. The number of halogens is 2. The molecule has 1 N–H and O–H groups in total. The van der Waals surface area contributed by atoms with Crippen molar-refractivity contribution in [1.82, 2.24) is 5.32 Å². The van der Waals surface area contributed by atoms with Crippen LogP contribution >= 0.6 is 38.9 Å². The third kappa shape index (κ3) is 3.67. The van der Waals surface area contributed by atoms with Gasteiger partial charge in [-0.15, -0.1) is 22.9 Å². The number of nitrogens with one attached hydrogen (secondary N) is 1. The Morgan fingerprint density at radius 2 is 2.46 bits per heavy atom. The molecule has 0 atom stereocenters. The van der Waals surface area contributed by atoms with E-state index in [9.17, 15) is 4.79 Å². The molecule has 0 saturated carbocycles. The Kier molecular flexibility index (Phi) is 4.77. The molecule has 1 amide bonds. The number of alkyl halides is 1. The average Bonchev–Trinajstić information content (AvgIpc) is 2.52. The van der Waals surface area contributed by atoms with Crippen molar-refractivity contribution in [3.05, 3.63) is 20.8 Å². The van der Waals surface area contributed by atoms with Gasteiger partial charge in [0.2, 0.25) is 0 Å². The monoisotopic (exact) mass is 281 g/mol. The number of carbonyl (C=O) groups is 1. The van der Waals surface area contributed by atoms with E-state index in [0.29, 0.717) is 18.0 Å². The van der Waals surface area contributed by atoms with Gasteiger partial charge < -0.3 is 5.32 Å². The van der Waals surface area contributed by atoms with Crippen molar-refractivity contribution in [3.8, 4) is 0 Å². The lowest BCUT2D eigenvalue weighted by Gasteiger charge is -2.00. The zero-order chi connectivity index (χ0) is 9.68. The van der Waals surface area contributed by atoms with Gasteiger partial charge in [0, 0.05) is 17.8 Å². The van der Waals surface area contributed by atoms with E-state index in [0.717, 1.165) is 10.2 Å². The molecule has 1 rings (SSSR count). The Balaban J connectivity index is 2.40. The number of hydrogen-bond donors (Lipinski definition) is 1. The van der Waals surface area contributed by atoms with Gasteiger partial charge in [0.1, 0.15) is 0 Å². The average molecular weight is 283 g/mol. The standard InChI is InChI=1S/C8H9BrClNOS/c9-7-4-6(5-13-7)8(12)11-3-1-2-10/h4-5H,1-3H2,(H,11,12). The minimum atomic E-state index is -0.0351. The molecule has 0 unspecified atom stereocenters. The lowest BCUT2D eigenvalue weighted by molar-refractivity contribution is 0.0954. The highest BCUT2D eigenvalue weighted by Crippen LogP contribution is 2.20. The number of carbonyl (C=O) groups excluding carboxylic acids is 1. The third-order valence-corrected chi connectivity index (χ3v) is 3.20. The Hall–Kier alpha value is -0.0600. The highest BCUT2D eigenvalue weighted by atomic mass is 79.9. The molecule has 2 nitrogen and oxygen atoms in total. The predicted octanol–water partition coefficient (Wildman–Crippen LogP) is 2.87. The van der Waals surface area contributed by atoms with Gasteiger partial charge in [0.05, 0.1) is 9.35 Å². The molecule has 0 spiro atoms. The first-order valence-electron chi connectivity index (χ1n) is 3.82. The molecule has 0 bridgehead atoms. The Morgan fingerprint density at radius 1 is 1.69 bits per heavy atom. The number of thiophene rings is 1. The van der Waals surface area contributed by atoms with Gasteiger partial charge in [-0.1, -0.05) is 0 Å². The molecule has 0 aliphatic heterocycles. The van der Waals surface area contributed by atoms with Crippen LogP contribution in [0, 0.1) is 0 Å². The molecular weight excluding hydrogens is 274 g/mol.